The van der Waals surface area contributed by atoms with Crippen LogP contribution < -0.4 is 9.64 Å². The van der Waals surface area contributed by atoms with Crippen molar-refractivity contribution >= 4 is 17.5 Å². The zero-order valence-corrected chi connectivity index (χ0v) is 14.3. The lowest BCUT2D eigenvalue weighted by Crippen LogP contribution is -2.39. The molecule has 1 aromatic carbocycles. The van der Waals surface area contributed by atoms with Crippen LogP contribution in [0.15, 0.2) is 42.6 Å². The van der Waals surface area contributed by atoms with Crippen LogP contribution in [0.3, 0.4) is 0 Å². The molecule has 1 aromatic heterocycles. The van der Waals surface area contributed by atoms with Crippen molar-refractivity contribution in [3.05, 3.63) is 58.3 Å². The molecule has 1 aliphatic rings. The molecular weight excluding hydrogens is 338 g/mol. The van der Waals surface area contributed by atoms with E-state index < -0.39 is 10.9 Å². The molecule has 0 unspecified atom stereocenters. The lowest BCUT2D eigenvalue weighted by molar-refractivity contribution is -0.384. The number of nitrogens with zero attached hydrogens (tertiary/aromatic N) is 3. The second-order valence-corrected chi connectivity index (χ2v) is 5.93. The van der Waals surface area contributed by atoms with E-state index in [4.69, 9.17) is 4.74 Å². The fraction of sp³-hybridized carbons (Fsp3) is 0.333. The number of carbonyl (C=O) groups is 1. The minimum absolute atomic E-state index is 0.0575. The second-order valence-electron chi connectivity index (χ2n) is 5.93. The van der Waals surface area contributed by atoms with Gasteiger partial charge >= 0.3 is 11.7 Å². The summed E-state index contributed by atoms with van der Waals surface area (Å²) in [6.45, 7) is 1.17. The van der Waals surface area contributed by atoms with Gasteiger partial charge in [-0.05, 0) is 12.1 Å². The molecule has 0 radical (unpaired) electrons. The van der Waals surface area contributed by atoms with Gasteiger partial charge in [-0.3, -0.25) is 10.1 Å². The van der Waals surface area contributed by atoms with Gasteiger partial charge < -0.3 is 14.4 Å². The Kier molecular flexibility index (Phi) is 5.31. The maximum atomic E-state index is 11.6. The van der Waals surface area contributed by atoms with Gasteiger partial charge in [0.1, 0.15) is 11.9 Å². The number of ether oxygens (including phenoxy) is 2. The van der Waals surface area contributed by atoms with Crippen molar-refractivity contribution in [1.82, 2.24) is 4.98 Å². The van der Waals surface area contributed by atoms with Gasteiger partial charge in [0.05, 0.1) is 17.6 Å². The maximum absolute atomic E-state index is 11.6. The van der Waals surface area contributed by atoms with Crippen LogP contribution in [0.25, 0.3) is 0 Å². The molecule has 8 nitrogen and oxygen atoms in total. The van der Waals surface area contributed by atoms with E-state index in [1.54, 1.807) is 0 Å². The number of esters is 1. The van der Waals surface area contributed by atoms with E-state index in [1.165, 1.54) is 19.4 Å². The minimum Gasteiger partial charge on any atom is -0.490 e. The molecule has 26 heavy (non-hydrogen) atoms. The van der Waals surface area contributed by atoms with Crippen LogP contribution in [0.4, 0.5) is 11.5 Å². The predicted molar refractivity (Wildman–Crippen MR) is 94.5 cm³/mol. The van der Waals surface area contributed by atoms with Gasteiger partial charge in [0.25, 0.3) is 0 Å². The molecule has 3 rings (SSSR count). The molecule has 1 fully saturated rings. The van der Waals surface area contributed by atoms with E-state index in [1.807, 2.05) is 35.2 Å². The Morgan fingerprint density at radius 1 is 1.27 bits per heavy atom. The van der Waals surface area contributed by atoms with Gasteiger partial charge in [0.2, 0.25) is 5.82 Å². The highest BCUT2D eigenvalue weighted by Gasteiger charge is 2.28. The molecule has 0 spiro atoms. The van der Waals surface area contributed by atoms with Gasteiger partial charge in [-0.2, -0.15) is 0 Å². The van der Waals surface area contributed by atoms with Crippen LogP contribution in [-0.4, -0.2) is 42.2 Å². The van der Waals surface area contributed by atoms with Gasteiger partial charge in [-0.15, -0.1) is 0 Å². The summed E-state index contributed by atoms with van der Waals surface area (Å²) in [4.78, 5) is 28.4. The maximum Gasteiger partial charge on any atom is 0.339 e. The van der Waals surface area contributed by atoms with Crippen LogP contribution in [0.2, 0.25) is 0 Å². The highest BCUT2D eigenvalue weighted by molar-refractivity contribution is 5.90. The van der Waals surface area contributed by atoms with E-state index in [9.17, 15) is 14.9 Å². The molecule has 0 aliphatic carbocycles. The van der Waals surface area contributed by atoms with Crippen molar-refractivity contribution in [3.63, 3.8) is 0 Å². The number of carbonyl (C=O) groups excluding carboxylic acids is 1. The average Bonchev–Trinajstić information content (AvgIpc) is 2.68. The third-order valence-corrected chi connectivity index (χ3v) is 4.25. The Labute approximate surface area is 150 Å². The first kappa shape index (κ1) is 17.7. The summed E-state index contributed by atoms with van der Waals surface area (Å²) in [5.41, 5.74) is -0.138. The van der Waals surface area contributed by atoms with E-state index in [-0.39, 0.29) is 23.2 Å². The van der Waals surface area contributed by atoms with Crippen molar-refractivity contribution in [2.45, 2.75) is 18.9 Å². The Balaban J connectivity index is 1.70. The number of methoxy groups -OCH3 is 1. The predicted octanol–water partition coefficient (Wildman–Crippen LogP) is 2.82. The molecule has 0 saturated carbocycles. The standard InChI is InChI=1S/C18H19N3O5/c1-25-18(22)13-11-16(21(23)24)17(19-12-13)20-9-7-15(8-10-20)26-14-5-3-2-4-6-14/h2-6,11-12,15H,7-10H2,1H3. The number of piperidine rings is 1. The normalized spacial score (nSPS) is 14.7. The number of hydrogen-bond donors (Lipinski definition) is 0. The van der Waals surface area contributed by atoms with Crippen LogP contribution in [0, 0.1) is 10.1 Å². The first-order valence-corrected chi connectivity index (χ1v) is 8.28. The Bertz CT molecular complexity index is 789. The fourth-order valence-corrected chi connectivity index (χ4v) is 2.93. The summed E-state index contributed by atoms with van der Waals surface area (Å²) >= 11 is 0. The van der Waals surface area contributed by atoms with Crippen molar-refractivity contribution in [1.29, 1.82) is 0 Å². The lowest BCUT2D eigenvalue weighted by Gasteiger charge is -2.32. The molecular formula is C18H19N3O5. The zero-order valence-electron chi connectivity index (χ0n) is 14.3. The van der Waals surface area contributed by atoms with E-state index >= 15 is 0 Å². The van der Waals surface area contributed by atoms with E-state index in [0.29, 0.717) is 13.1 Å². The average molecular weight is 357 g/mol. The Morgan fingerprint density at radius 3 is 2.58 bits per heavy atom. The summed E-state index contributed by atoms with van der Waals surface area (Å²) < 4.78 is 10.5. The number of anilines is 1. The summed E-state index contributed by atoms with van der Waals surface area (Å²) in [5, 5.41) is 11.4. The highest BCUT2D eigenvalue weighted by Crippen LogP contribution is 2.30. The van der Waals surface area contributed by atoms with Crippen LogP contribution in [-0.2, 0) is 4.74 Å². The second kappa shape index (κ2) is 7.81. The van der Waals surface area contributed by atoms with E-state index in [2.05, 4.69) is 9.72 Å². The Hall–Kier alpha value is -3.16. The summed E-state index contributed by atoms with van der Waals surface area (Å²) in [6, 6.07) is 10.8. The third kappa shape index (κ3) is 3.90. The monoisotopic (exact) mass is 357 g/mol. The van der Waals surface area contributed by atoms with Gasteiger partial charge in [0, 0.05) is 38.2 Å². The molecule has 136 valence electrons. The molecule has 8 heteroatoms. The molecule has 1 saturated heterocycles. The summed E-state index contributed by atoms with van der Waals surface area (Å²) in [7, 11) is 1.22. The first-order chi connectivity index (χ1) is 12.6. The minimum atomic E-state index is -0.651. The molecule has 0 N–H and O–H groups in total. The smallest absolute Gasteiger partial charge is 0.339 e. The zero-order chi connectivity index (χ0) is 18.5. The molecule has 0 bridgehead atoms. The summed E-state index contributed by atoms with van der Waals surface area (Å²) in [6.07, 6.45) is 2.82. The molecule has 2 heterocycles. The molecule has 1 aliphatic heterocycles. The number of nitro groups is 1. The summed E-state index contributed by atoms with van der Waals surface area (Å²) in [5.74, 6) is 0.431. The SMILES string of the molecule is COC(=O)c1cnc(N2CCC(Oc3ccccc3)CC2)c([N+](=O)[O-])c1. The lowest BCUT2D eigenvalue weighted by atomic mass is 10.1. The van der Waals surface area contributed by atoms with Crippen molar-refractivity contribution in [2.75, 3.05) is 25.1 Å². The highest BCUT2D eigenvalue weighted by atomic mass is 16.6. The topological polar surface area (TPSA) is 94.8 Å². The number of hydrogen-bond acceptors (Lipinski definition) is 7. The first-order valence-electron chi connectivity index (χ1n) is 8.28. The number of aromatic nitrogens is 1. The molecule has 0 amide bonds. The fourth-order valence-electron chi connectivity index (χ4n) is 2.93. The van der Waals surface area contributed by atoms with Crippen LogP contribution in [0.5, 0.6) is 5.75 Å². The van der Waals surface area contributed by atoms with E-state index in [0.717, 1.165) is 18.6 Å². The van der Waals surface area contributed by atoms with Crippen LogP contribution >= 0.6 is 0 Å². The van der Waals surface area contributed by atoms with Crippen LogP contribution in [0.1, 0.15) is 23.2 Å². The molecule has 2 aromatic rings. The molecule has 0 atom stereocenters. The quantitative estimate of drug-likeness (QED) is 0.461. The largest absolute Gasteiger partial charge is 0.490 e. The van der Waals surface area contributed by atoms with Crippen molar-refractivity contribution in [3.8, 4) is 5.75 Å². The third-order valence-electron chi connectivity index (χ3n) is 4.25. The van der Waals surface area contributed by atoms with Crippen molar-refractivity contribution in [2.24, 2.45) is 0 Å². The van der Waals surface area contributed by atoms with Gasteiger partial charge in [0.15, 0.2) is 0 Å². The Morgan fingerprint density at radius 2 is 1.96 bits per heavy atom. The van der Waals surface area contributed by atoms with Gasteiger partial charge in [-0.25, -0.2) is 9.78 Å². The van der Waals surface area contributed by atoms with Gasteiger partial charge in [-0.1, -0.05) is 18.2 Å². The number of para-hydroxylation sites is 1. The number of benzene rings is 1. The number of rotatable bonds is 5. The number of pyridine rings is 1. The van der Waals surface area contributed by atoms with Crippen molar-refractivity contribution < 1.29 is 19.2 Å².